The van der Waals surface area contributed by atoms with Crippen LogP contribution in [0.5, 0.6) is 5.75 Å². The molecular weight excluding hydrogens is 354 g/mol. The van der Waals surface area contributed by atoms with E-state index in [9.17, 15) is 18.4 Å². The summed E-state index contributed by atoms with van der Waals surface area (Å²) in [4.78, 5) is 25.7. The highest BCUT2D eigenvalue weighted by Gasteiger charge is 2.24. The van der Waals surface area contributed by atoms with Crippen LogP contribution in [-0.4, -0.2) is 32.0 Å². The van der Waals surface area contributed by atoms with Crippen LogP contribution in [-0.2, 0) is 16.0 Å². The molecule has 0 spiro atoms. The maximum atomic E-state index is 13.3. The van der Waals surface area contributed by atoms with Gasteiger partial charge in [-0.2, -0.15) is 0 Å². The highest BCUT2D eigenvalue weighted by atomic mass is 19.1. The van der Waals surface area contributed by atoms with Gasteiger partial charge in [0.05, 0.1) is 7.11 Å². The largest absolute Gasteiger partial charge is 0.497 e. The molecule has 2 rings (SSSR count). The van der Waals surface area contributed by atoms with Gasteiger partial charge in [0.15, 0.2) is 0 Å². The van der Waals surface area contributed by atoms with E-state index in [2.05, 4.69) is 5.32 Å². The molecule has 2 amide bonds. The third kappa shape index (κ3) is 5.77. The zero-order valence-corrected chi connectivity index (χ0v) is 15.5. The first-order valence-corrected chi connectivity index (χ1v) is 8.44. The molecule has 27 heavy (non-hydrogen) atoms. The first-order chi connectivity index (χ1) is 12.8. The fourth-order valence-electron chi connectivity index (χ4n) is 2.74. The van der Waals surface area contributed by atoms with Crippen LogP contribution in [0.2, 0.25) is 0 Å². The van der Waals surface area contributed by atoms with E-state index in [1.807, 2.05) is 0 Å². The molecule has 0 unspecified atom stereocenters. The zero-order chi connectivity index (χ0) is 20.0. The van der Waals surface area contributed by atoms with Crippen molar-refractivity contribution in [3.63, 3.8) is 0 Å². The Morgan fingerprint density at radius 1 is 1.11 bits per heavy atom. The molecule has 1 N–H and O–H groups in total. The molecule has 0 aliphatic heterocycles. The molecule has 0 saturated heterocycles. The summed E-state index contributed by atoms with van der Waals surface area (Å²) < 4.78 is 31.8. The van der Waals surface area contributed by atoms with Crippen LogP contribution in [0.15, 0.2) is 42.5 Å². The Labute approximate surface area is 156 Å². The van der Waals surface area contributed by atoms with Gasteiger partial charge in [0.1, 0.15) is 23.4 Å². The highest BCUT2D eigenvalue weighted by Crippen LogP contribution is 2.20. The monoisotopic (exact) mass is 376 g/mol. The van der Waals surface area contributed by atoms with Crippen LogP contribution in [0.25, 0.3) is 0 Å². The number of aryl methyl sites for hydroxylation is 1. The van der Waals surface area contributed by atoms with Gasteiger partial charge in [0, 0.05) is 25.7 Å². The van der Waals surface area contributed by atoms with Gasteiger partial charge < -0.3 is 15.0 Å². The molecule has 7 heteroatoms. The molecule has 0 aromatic heterocycles. The molecule has 0 radical (unpaired) electrons. The number of halogens is 2. The smallest absolute Gasteiger partial charge is 0.249 e. The molecule has 5 nitrogen and oxygen atoms in total. The van der Waals surface area contributed by atoms with Crippen molar-refractivity contribution in [3.05, 3.63) is 59.7 Å². The molecule has 0 saturated carbocycles. The average Bonchev–Trinajstić information content (AvgIpc) is 2.63. The first kappa shape index (κ1) is 20.4. The molecule has 0 aliphatic rings. The Morgan fingerprint density at radius 2 is 1.70 bits per heavy atom. The topological polar surface area (TPSA) is 58.6 Å². The predicted octanol–water partition coefficient (Wildman–Crippen LogP) is 3.07. The van der Waals surface area contributed by atoms with Gasteiger partial charge in [0.25, 0.3) is 0 Å². The quantitative estimate of drug-likeness (QED) is 0.808. The summed E-state index contributed by atoms with van der Waals surface area (Å²) in [5.41, 5.74) is 1.05. The maximum absolute atomic E-state index is 13.3. The lowest BCUT2D eigenvalue weighted by Crippen LogP contribution is -2.47. The number of rotatable bonds is 7. The molecule has 0 aliphatic carbocycles. The third-order valence-electron chi connectivity index (χ3n) is 4.11. The van der Waals surface area contributed by atoms with Crippen molar-refractivity contribution in [1.82, 2.24) is 5.32 Å². The predicted molar refractivity (Wildman–Crippen MR) is 98.7 cm³/mol. The van der Waals surface area contributed by atoms with Crippen LogP contribution in [0.4, 0.5) is 14.5 Å². The van der Waals surface area contributed by atoms with Crippen LogP contribution in [0, 0.1) is 11.6 Å². The van der Waals surface area contributed by atoms with Gasteiger partial charge in [-0.3, -0.25) is 9.59 Å². The van der Waals surface area contributed by atoms with E-state index in [4.69, 9.17) is 4.74 Å². The summed E-state index contributed by atoms with van der Waals surface area (Å²) in [6.45, 7) is 1.31. The standard InChI is InChI=1S/C20H22F2N2O3/c1-13(25)23-19(9-4-14-10-15(21)12-16(22)11-14)20(26)24(2)17-5-7-18(27-3)8-6-17/h5-8,10-12,19H,4,9H2,1-3H3,(H,23,25)/t19-/m0/s1. The SMILES string of the molecule is COc1ccc(N(C)C(=O)[C@H](CCc2cc(F)cc(F)c2)NC(C)=O)cc1. The van der Waals surface area contributed by atoms with Crippen LogP contribution in [0.3, 0.4) is 0 Å². The Kier molecular flexibility index (Phi) is 6.87. The minimum atomic E-state index is -0.819. The van der Waals surface area contributed by atoms with E-state index in [1.54, 1.807) is 38.4 Å². The first-order valence-electron chi connectivity index (χ1n) is 8.44. The van der Waals surface area contributed by atoms with E-state index < -0.39 is 17.7 Å². The average molecular weight is 376 g/mol. The minimum absolute atomic E-state index is 0.210. The van der Waals surface area contributed by atoms with Crippen molar-refractivity contribution < 1.29 is 23.1 Å². The number of benzene rings is 2. The van der Waals surface area contributed by atoms with E-state index in [0.29, 0.717) is 17.0 Å². The van der Waals surface area contributed by atoms with Crippen molar-refractivity contribution in [2.24, 2.45) is 0 Å². The number of methoxy groups -OCH3 is 1. The lowest BCUT2D eigenvalue weighted by Gasteiger charge is -2.24. The van der Waals surface area contributed by atoms with Crippen molar-refractivity contribution in [3.8, 4) is 5.75 Å². The van der Waals surface area contributed by atoms with Crippen molar-refractivity contribution in [2.75, 3.05) is 19.1 Å². The normalized spacial score (nSPS) is 11.6. The number of anilines is 1. The molecule has 2 aromatic rings. The summed E-state index contributed by atoms with van der Waals surface area (Å²) in [6, 6.07) is 9.30. The number of ether oxygens (including phenoxy) is 1. The van der Waals surface area contributed by atoms with Crippen LogP contribution < -0.4 is 15.0 Å². The number of hydrogen-bond acceptors (Lipinski definition) is 3. The number of nitrogens with one attached hydrogen (secondary N) is 1. The van der Waals surface area contributed by atoms with Gasteiger partial charge in [-0.1, -0.05) is 0 Å². The molecule has 144 valence electrons. The van der Waals surface area contributed by atoms with E-state index in [1.165, 1.54) is 24.0 Å². The Morgan fingerprint density at radius 3 is 2.22 bits per heavy atom. The summed E-state index contributed by atoms with van der Waals surface area (Å²) in [6.07, 6.45) is 0.448. The van der Waals surface area contributed by atoms with Gasteiger partial charge in [-0.05, 0) is 54.8 Å². The number of carbonyl (C=O) groups excluding carboxylic acids is 2. The van der Waals surface area contributed by atoms with Crippen molar-refractivity contribution >= 4 is 17.5 Å². The van der Waals surface area contributed by atoms with E-state index in [-0.39, 0.29) is 24.7 Å². The second-order valence-electron chi connectivity index (χ2n) is 6.16. The number of likely N-dealkylation sites (N-methyl/N-ethyl adjacent to an activating group) is 1. The molecular formula is C20H22F2N2O3. The van der Waals surface area contributed by atoms with Crippen LogP contribution in [0.1, 0.15) is 18.9 Å². The van der Waals surface area contributed by atoms with Gasteiger partial charge in [-0.25, -0.2) is 8.78 Å². The fourth-order valence-corrected chi connectivity index (χ4v) is 2.74. The molecule has 0 bridgehead atoms. The summed E-state index contributed by atoms with van der Waals surface area (Å²) in [7, 11) is 3.15. The molecule has 1 atom stereocenters. The van der Waals surface area contributed by atoms with E-state index in [0.717, 1.165) is 6.07 Å². The Balaban J connectivity index is 2.13. The van der Waals surface area contributed by atoms with Gasteiger partial charge >= 0.3 is 0 Å². The molecule has 0 heterocycles. The number of carbonyl (C=O) groups is 2. The Bertz CT molecular complexity index is 789. The van der Waals surface area contributed by atoms with E-state index >= 15 is 0 Å². The van der Waals surface area contributed by atoms with Gasteiger partial charge in [0.2, 0.25) is 11.8 Å². The van der Waals surface area contributed by atoms with Crippen LogP contribution >= 0.6 is 0 Å². The lowest BCUT2D eigenvalue weighted by atomic mass is 10.0. The fraction of sp³-hybridized carbons (Fsp3) is 0.300. The van der Waals surface area contributed by atoms with Crippen molar-refractivity contribution in [2.45, 2.75) is 25.8 Å². The summed E-state index contributed by atoms with van der Waals surface area (Å²) in [5.74, 6) is -1.38. The zero-order valence-electron chi connectivity index (χ0n) is 15.5. The second-order valence-corrected chi connectivity index (χ2v) is 6.16. The molecule has 0 fully saturated rings. The second kappa shape index (κ2) is 9.12. The third-order valence-corrected chi connectivity index (χ3v) is 4.11. The summed E-state index contributed by atoms with van der Waals surface area (Å²) in [5, 5.41) is 2.61. The summed E-state index contributed by atoms with van der Waals surface area (Å²) >= 11 is 0. The highest BCUT2D eigenvalue weighted by molar-refractivity contribution is 5.98. The minimum Gasteiger partial charge on any atom is -0.497 e. The number of amides is 2. The lowest BCUT2D eigenvalue weighted by molar-refractivity contribution is -0.126. The maximum Gasteiger partial charge on any atom is 0.249 e. The Hall–Kier alpha value is -2.96. The number of hydrogen-bond donors (Lipinski definition) is 1. The molecule has 2 aromatic carbocycles. The number of nitrogens with zero attached hydrogens (tertiary/aromatic N) is 1. The van der Waals surface area contributed by atoms with Gasteiger partial charge in [-0.15, -0.1) is 0 Å². The van der Waals surface area contributed by atoms with Crippen molar-refractivity contribution in [1.29, 1.82) is 0 Å².